The third kappa shape index (κ3) is 4.34. The highest BCUT2D eigenvalue weighted by Crippen LogP contribution is 2.23. The van der Waals surface area contributed by atoms with E-state index in [-0.39, 0.29) is 0 Å². The normalized spacial score (nSPS) is 18.0. The maximum Gasteiger partial charge on any atom is 0.189 e. The van der Waals surface area contributed by atoms with Crippen molar-refractivity contribution in [1.29, 1.82) is 0 Å². The Hall–Kier alpha value is -1.82. The minimum Gasteiger partial charge on any atom is -0.493 e. The maximum atomic E-state index is 5.95. The van der Waals surface area contributed by atoms with E-state index in [1.807, 2.05) is 37.6 Å². The van der Waals surface area contributed by atoms with Gasteiger partial charge >= 0.3 is 0 Å². The zero-order chi connectivity index (χ0) is 16.1. The number of thioether (sulfide) groups is 1. The Morgan fingerprint density at radius 2 is 2.17 bits per heavy atom. The Morgan fingerprint density at radius 1 is 1.30 bits per heavy atom. The van der Waals surface area contributed by atoms with Gasteiger partial charge in [-0.15, -0.1) is 0 Å². The van der Waals surface area contributed by atoms with Crippen LogP contribution in [0.1, 0.15) is 18.5 Å². The number of rotatable bonds is 5. The monoisotopic (exact) mass is 330 g/mol. The van der Waals surface area contributed by atoms with Gasteiger partial charge in [0.2, 0.25) is 0 Å². The Morgan fingerprint density at radius 3 is 3.00 bits per heavy atom. The molecule has 3 heterocycles. The average molecular weight is 330 g/mol. The third-order valence-corrected chi connectivity index (χ3v) is 4.56. The van der Waals surface area contributed by atoms with E-state index in [1.165, 1.54) is 12.8 Å². The second kappa shape index (κ2) is 7.64. The second-order valence-corrected chi connectivity index (χ2v) is 6.57. The smallest absolute Gasteiger partial charge is 0.189 e. The topological polar surface area (TPSA) is 51.1 Å². The Labute approximate surface area is 141 Å². The van der Waals surface area contributed by atoms with Crippen LogP contribution >= 0.6 is 11.8 Å². The quantitative estimate of drug-likeness (QED) is 0.620. The Bertz CT molecular complexity index is 652. The number of anilines is 1. The fourth-order valence-corrected chi connectivity index (χ4v) is 3.19. The van der Waals surface area contributed by atoms with E-state index in [1.54, 1.807) is 18.0 Å². The number of nitrogens with zero attached hydrogens (tertiary/aromatic N) is 4. The molecule has 0 spiro atoms. The standard InChI is InChI=1S/C17H22N4OS/c1-13-10-15(5-7-18-13)22-12-14-4-3-9-21(11-14)16-6-8-19-17(20-16)23-2/h5-8,10,14H,3-4,9,11-12H2,1-2H3. The molecule has 1 fully saturated rings. The molecule has 122 valence electrons. The number of piperidine rings is 1. The minimum absolute atomic E-state index is 0.518. The van der Waals surface area contributed by atoms with Crippen LogP contribution in [0, 0.1) is 12.8 Å². The number of aromatic nitrogens is 3. The van der Waals surface area contributed by atoms with Crippen molar-refractivity contribution in [3.63, 3.8) is 0 Å². The molecule has 1 aliphatic rings. The minimum atomic E-state index is 0.518. The van der Waals surface area contributed by atoms with E-state index in [0.29, 0.717) is 5.92 Å². The van der Waals surface area contributed by atoms with E-state index in [4.69, 9.17) is 4.74 Å². The molecule has 2 aromatic heterocycles. The van der Waals surface area contributed by atoms with E-state index in [9.17, 15) is 0 Å². The molecule has 0 amide bonds. The Balaban J connectivity index is 1.59. The molecule has 3 rings (SSSR count). The summed E-state index contributed by atoms with van der Waals surface area (Å²) in [6.07, 6.45) is 8.00. The van der Waals surface area contributed by atoms with Crippen LogP contribution in [0.2, 0.25) is 0 Å². The Kier molecular flexibility index (Phi) is 5.33. The summed E-state index contributed by atoms with van der Waals surface area (Å²) in [6, 6.07) is 5.90. The highest BCUT2D eigenvalue weighted by atomic mass is 32.2. The predicted octanol–water partition coefficient (Wildman–Crippen LogP) is 3.20. The van der Waals surface area contributed by atoms with Gasteiger partial charge in [-0.05, 0) is 38.2 Å². The van der Waals surface area contributed by atoms with Gasteiger partial charge in [-0.1, -0.05) is 11.8 Å². The lowest BCUT2D eigenvalue weighted by Crippen LogP contribution is -2.38. The molecule has 1 unspecified atom stereocenters. The molecule has 0 radical (unpaired) electrons. The zero-order valence-electron chi connectivity index (χ0n) is 13.6. The van der Waals surface area contributed by atoms with E-state index in [2.05, 4.69) is 19.9 Å². The molecule has 0 bridgehead atoms. The van der Waals surface area contributed by atoms with Crippen LogP contribution in [0.5, 0.6) is 5.75 Å². The van der Waals surface area contributed by atoms with Crippen LogP contribution in [0.25, 0.3) is 0 Å². The first-order valence-electron chi connectivity index (χ1n) is 7.92. The van der Waals surface area contributed by atoms with Gasteiger partial charge in [0.25, 0.3) is 0 Å². The molecular weight excluding hydrogens is 308 g/mol. The molecule has 1 atom stereocenters. The second-order valence-electron chi connectivity index (χ2n) is 5.80. The summed E-state index contributed by atoms with van der Waals surface area (Å²) in [5.74, 6) is 2.44. The molecule has 1 aliphatic heterocycles. The SMILES string of the molecule is CSc1nccc(N2CCCC(COc3ccnc(C)c3)C2)n1. The number of hydrogen-bond acceptors (Lipinski definition) is 6. The maximum absolute atomic E-state index is 5.95. The highest BCUT2D eigenvalue weighted by Gasteiger charge is 2.22. The third-order valence-electron chi connectivity index (χ3n) is 4.00. The van der Waals surface area contributed by atoms with Crippen molar-refractivity contribution < 1.29 is 4.74 Å². The number of hydrogen-bond donors (Lipinski definition) is 0. The number of pyridine rings is 1. The van der Waals surface area contributed by atoms with E-state index in [0.717, 1.165) is 42.1 Å². The summed E-state index contributed by atoms with van der Waals surface area (Å²) in [5, 5.41) is 0.827. The number of aryl methyl sites for hydroxylation is 1. The summed E-state index contributed by atoms with van der Waals surface area (Å²) in [7, 11) is 0. The van der Waals surface area contributed by atoms with Gasteiger partial charge in [0.15, 0.2) is 5.16 Å². The first-order chi connectivity index (χ1) is 11.2. The van der Waals surface area contributed by atoms with Crippen molar-refractivity contribution in [3.8, 4) is 5.75 Å². The van der Waals surface area contributed by atoms with Crippen LogP contribution < -0.4 is 9.64 Å². The molecule has 0 N–H and O–H groups in total. The fourth-order valence-electron chi connectivity index (χ4n) is 2.84. The van der Waals surface area contributed by atoms with Crippen molar-refractivity contribution in [2.24, 2.45) is 5.92 Å². The molecule has 1 saturated heterocycles. The summed E-state index contributed by atoms with van der Waals surface area (Å²) in [5.41, 5.74) is 0.985. The predicted molar refractivity (Wildman–Crippen MR) is 93.2 cm³/mol. The van der Waals surface area contributed by atoms with Crippen molar-refractivity contribution in [3.05, 3.63) is 36.3 Å². The zero-order valence-corrected chi connectivity index (χ0v) is 14.4. The highest BCUT2D eigenvalue weighted by molar-refractivity contribution is 7.98. The van der Waals surface area contributed by atoms with E-state index < -0.39 is 0 Å². The molecule has 5 nitrogen and oxygen atoms in total. The van der Waals surface area contributed by atoms with Crippen molar-refractivity contribution in [2.45, 2.75) is 24.9 Å². The summed E-state index contributed by atoms with van der Waals surface area (Å²) < 4.78 is 5.95. The van der Waals surface area contributed by atoms with Crippen LogP contribution in [0.15, 0.2) is 35.7 Å². The number of ether oxygens (including phenoxy) is 1. The average Bonchev–Trinajstić information content (AvgIpc) is 2.60. The van der Waals surface area contributed by atoms with Crippen LogP contribution in [-0.4, -0.2) is 40.9 Å². The summed E-state index contributed by atoms with van der Waals surface area (Å²) in [4.78, 5) is 15.4. The molecular formula is C17H22N4OS. The molecule has 0 saturated carbocycles. The molecule has 0 aromatic carbocycles. The lowest BCUT2D eigenvalue weighted by molar-refractivity contribution is 0.228. The van der Waals surface area contributed by atoms with Gasteiger partial charge in [-0.3, -0.25) is 4.98 Å². The van der Waals surface area contributed by atoms with Crippen LogP contribution in [0.3, 0.4) is 0 Å². The molecule has 2 aromatic rings. The first kappa shape index (κ1) is 16.1. The van der Waals surface area contributed by atoms with Gasteiger partial charge in [0, 0.05) is 43.2 Å². The fraction of sp³-hybridized carbons (Fsp3) is 0.471. The van der Waals surface area contributed by atoms with Gasteiger partial charge in [0.1, 0.15) is 11.6 Å². The van der Waals surface area contributed by atoms with Crippen molar-refractivity contribution in [2.75, 3.05) is 30.9 Å². The van der Waals surface area contributed by atoms with E-state index >= 15 is 0 Å². The molecule has 23 heavy (non-hydrogen) atoms. The van der Waals surface area contributed by atoms with Crippen LogP contribution in [-0.2, 0) is 0 Å². The van der Waals surface area contributed by atoms with Gasteiger partial charge in [0.05, 0.1) is 6.61 Å². The van der Waals surface area contributed by atoms with Crippen molar-refractivity contribution in [1.82, 2.24) is 15.0 Å². The van der Waals surface area contributed by atoms with Gasteiger partial charge < -0.3 is 9.64 Å². The lowest BCUT2D eigenvalue weighted by atomic mass is 9.99. The largest absolute Gasteiger partial charge is 0.493 e. The first-order valence-corrected chi connectivity index (χ1v) is 9.14. The summed E-state index contributed by atoms with van der Waals surface area (Å²) >= 11 is 1.58. The lowest BCUT2D eigenvalue weighted by Gasteiger charge is -2.33. The van der Waals surface area contributed by atoms with Gasteiger partial charge in [-0.2, -0.15) is 0 Å². The molecule has 0 aliphatic carbocycles. The van der Waals surface area contributed by atoms with Crippen molar-refractivity contribution >= 4 is 17.6 Å². The molecule has 6 heteroatoms. The van der Waals surface area contributed by atoms with Gasteiger partial charge in [-0.25, -0.2) is 9.97 Å². The summed E-state index contributed by atoms with van der Waals surface area (Å²) in [6.45, 7) is 4.75. The van der Waals surface area contributed by atoms with Crippen LogP contribution in [0.4, 0.5) is 5.82 Å².